The maximum Gasteiger partial charge on any atom is 0.336 e. The van der Waals surface area contributed by atoms with E-state index in [0.717, 1.165) is 17.0 Å². The molecule has 0 saturated heterocycles. The molecule has 1 aromatic carbocycles. The van der Waals surface area contributed by atoms with Gasteiger partial charge in [-0.1, -0.05) is 36.4 Å². The van der Waals surface area contributed by atoms with Crippen LogP contribution in [0.25, 0.3) is 0 Å². The molecule has 0 spiro atoms. The van der Waals surface area contributed by atoms with Crippen LogP contribution >= 0.6 is 0 Å². The Morgan fingerprint density at radius 1 is 1.22 bits per heavy atom. The van der Waals surface area contributed by atoms with Gasteiger partial charge in [0.25, 0.3) is 0 Å². The molecule has 0 amide bonds. The lowest BCUT2D eigenvalue weighted by molar-refractivity contribution is -0.136. The highest BCUT2D eigenvalue weighted by molar-refractivity contribution is 5.92. The van der Waals surface area contributed by atoms with Gasteiger partial charge in [0.2, 0.25) is 0 Å². The van der Waals surface area contributed by atoms with Crippen LogP contribution in [0.3, 0.4) is 0 Å². The van der Waals surface area contributed by atoms with Gasteiger partial charge in [0.05, 0.1) is 12.7 Å². The molecule has 3 heteroatoms. The molecule has 1 aliphatic heterocycles. The van der Waals surface area contributed by atoms with Crippen LogP contribution in [-0.2, 0) is 9.53 Å². The van der Waals surface area contributed by atoms with E-state index in [1.54, 1.807) is 0 Å². The van der Waals surface area contributed by atoms with Gasteiger partial charge in [0, 0.05) is 17.3 Å². The Labute approximate surface area is 107 Å². The van der Waals surface area contributed by atoms with Crippen molar-refractivity contribution in [1.82, 2.24) is 5.32 Å². The summed E-state index contributed by atoms with van der Waals surface area (Å²) < 4.78 is 4.88. The molecular formula is C15H17NO2. The van der Waals surface area contributed by atoms with E-state index in [1.165, 1.54) is 7.11 Å². The van der Waals surface area contributed by atoms with Crippen LogP contribution in [0.2, 0.25) is 0 Å². The summed E-state index contributed by atoms with van der Waals surface area (Å²) in [6, 6.07) is 9.97. The van der Waals surface area contributed by atoms with E-state index in [0.29, 0.717) is 5.57 Å². The van der Waals surface area contributed by atoms with Crippen molar-refractivity contribution in [2.75, 3.05) is 7.11 Å². The van der Waals surface area contributed by atoms with Gasteiger partial charge in [-0.15, -0.1) is 0 Å². The minimum absolute atomic E-state index is 0.0418. The summed E-state index contributed by atoms with van der Waals surface area (Å²) in [4.78, 5) is 11.9. The zero-order valence-corrected chi connectivity index (χ0v) is 10.9. The zero-order chi connectivity index (χ0) is 13.1. The number of hydrogen-bond acceptors (Lipinski definition) is 3. The molecule has 1 atom stereocenters. The van der Waals surface area contributed by atoms with Crippen molar-refractivity contribution in [3.63, 3.8) is 0 Å². The zero-order valence-electron chi connectivity index (χ0n) is 10.9. The Bertz CT molecular complexity index is 515. The molecular weight excluding hydrogens is 226 g/mol. The highest BCUT2D eigenvalue weighted by atomic mass is 16.5. The van der Waals surface area contributed by atoms with E-state index in [-0.39, 0.29) is 11.9 Å². The van der Waals surface area contributed by atoms with Crippen LogP contribution in [0, 0.1) is 0 Å². The van der Waals surface area contributed by atoms with E-state index >= 15 is 0 Å². The number of methoxy groups -OCH3 is 1. The van der Waals surface area contributed by atoms with Crippen LogP contribution in [0.1, 0.15) is 25.3 Å². The van der Waals surface area contributed by atoms with Crippen molar-refractivity contribution in [3.05, 3.63) is 58.9 Å². The molecule has 2 rings (SSSR count). The molecule has 0 aliphatic carbocycles. The number of benzene rings is 1. The lowest BCUT2D eigenvalue weighted by atomic mass is 9.87. The van der Waals surface area contributed by atoms with Crippen LogP contribution in [-0.4, -0.2) is 13.1 Å². The molecule has 1 N–H and O–H groups in total. The number of dihydropyridines is 1. The van der Waals surface area contributed by atoms with Gasteiger partial charge >= 0.3 is 5.97 Å². The Morgan fingerprint density at radius 3 is 2.50 bits per heavy atom. The Morgan fingerprint density at radius 2 is 1.89 bits per heavy atom. The number of allylic oxidation sites excluding steroid dienone is 3. The van der Waals surface area contributed by atoms with Crippen molar-refractivity contribution in [2.24, 2.45) is 0 Å². The van der Waals surface area contributed by atoms with E-state index in [9.17, 15) is 4.79 Å². The van der Waals surface area contributed by atoms with Gasteiger partial charge in [-0.3, -0.25) is 0 Å². The quantitative estimate of drug-likeness (QED) is 0.812. The fourth-order valence-corrected chi connectivity index (χ4v) is 2.28. The average molecular weight is 243 g/mol. The fraction of sp³-hybridized carbons (Fsp3) is 0.267. The monoisotopic (exact) mass is 243 g/mol. The molecule has 3 nitrogen and oxygen atoms in total. The van der Waals surface area contributed by atoms with Gasteiger partial charge < -0.3 is 10.1 Å². The maximum atomic E-state index is 11.9. The second-order valence-electron chi connectivity index (χ2n) is 4.39. The predicted molar refractivity (Wildman–Crippen MR) is 70.8 cm³/mol. The van der Waals surface area contributed by atoms with E-state index in [4.69, 9.17) is 4.74 Å². The summed E-state index contributed by atoms with van der Waals surface area (Å²) in [6.45, 7) is 3.90. The Hall–Kier alpha value is -2.03. The molecule has 1 aromatic rings. The molecule has 18 heavy (non-hydrogen) atoms. The first-order valence-corrected chi connectivity index (χ1v) is 5.93. The van der Waals surface area contributed by atoms with Crippen molar-refractivity contribution in [2.45, 2.75) is 19.8 Å². The largest absolute Gasteiger partial charge is 0.466 e. The molecule has 1 heterocycles. The van der Waals surface area contributed by atoms with Crippen molar-refractivity contribution < 1.29 is 9.53 Å². The third kappa shape index (κ3) is 2.30. The number of rotatable bonds is 2. The Kier molecular flexibility index (Phi) is 3.51. The first kappa shape index (κ1) is 12.4. The highest BCUT2D eigenvalue weighted by Crippen LogP contribution is 2.32. The lowest BCUT2D eigenvalue weighted by Crippen LogP contribution is -2.25. The summed E-state index contributed by atoms with van der Waals surface area (Å²) >= 11 is 0. The van der Waals surface area contributed by atoms with Crippen molar-refractivity contribution >= 4 is 5.97 Å². The van der Waals surface area contributed by atoms with Gasteiger partial charge in [-0.25, -0.2) is 4.79 Å². The van der Waals surface area contributed by atoms with Crippen molar-refractivity contribution in [1.29, 1.82) is 0 Å². The number of ether oxygens (including phenoxy) is 1. The van der Waals surface area contributed by atoms with Crippen LogP contribution in [0.5, 0.6) is 0 Å². The van der Waals surface area contributed by atoms with E-state index in [1.807, 2.05) is 44.2 Å². The maximum absolute atomic E-state index is 11.9. The minimum atomic E-state index is -0.280. The molecule has 94 valence electrons. The number of esters is 1. The summed E-state index contributed by atoms with van der Waals surface area (Å²) in [5.41, 5.74) is 3.68. The average Bonchev–Trinajstić information content (AvgIpc) is 2.38. The summed E-state index contributed by atoms with van der Waals surface area (Å²) in [7, 11) is 1.41. The van der Waals surface area contributed by atoms with Crippen LogP contribution < -0.4 is 5.32 Å². The predicted octanol–water partition coefficient (Wildman–Crippen LogP) is 2.72. The molecule has 1 unspecified atom stereocenters. The second kappa shape index (κ2) is 5.08. The SMILES string of the molecule is COC(=O)C1=C(C)NC(C)=CC1c1ccccc1. The topological polar surface area (TPSA) is 38.3 Å². The van der Waals surface area contributed by atoms with E-state index < -0.39 is 0 Å². The summed E-state index contributed by atoms with van der Waals surface area (Å²) in [5, 5.41) is 3.18. The molecule has 0 saturated carbocycles. The number of carbonyl (C=O) groups excluding carboxylic acids is 1. The Balaban J connectivity index is 2.47. The molecule has 0 fully saturated rings. The standard InChI is InChI=1S/C15H17NO2/c1-10-9-13(12-7-5-4-6-8-12)14(11(2)16-10)15(17)18-3/h4-9,13,16H,1-3H3. The van der Waals surface area contributed by atoms with E-state index in [2.05, 4.69) is 11.4 Å². The van der Waals surface area contributed by atoms with Gasteiger partial charge in [-0.05, 0) is 19.4 Å². The van der Waals surface area contributed by atoms with Gasteiger partial charge in [-0.2, -0.15) is 0 Å². The molecule has 0 radical (unpaired) electrons. The fourth-order valence-electron chi connectivity index (χ4n) is 2.28. The number of nitrogens with one attached hydrogen (secondary N) is 1. The third-order valence-electron chi connectivity index (χ3n) is 3.08. The highest BCUT2D eigenvalue weighted by Gasteiger charge is 2.27. The molecule has 0 bridgehead atoms. The van der Waals surface area contributed by atoms with Crippen LogP contribution in [0.15, 0.2) is 53.4 Å². The number of hydrogen-bond donors (Lipinski definition) is 1. The van der Waals surface area contributed by atoms with Crippen LogP contribution in [0.4, 0.5) is 0 Å². The lowest BCUT2D eigenvalue weighted by Gasteiger charge is -2.25. The van der Waals surface area contributed by atoms with Crippen molar-refractivity contribution in [3.8, 4) is 0 Å². The summed E-state index contributed by atoms with van der Waals surface area (Å²) in [5.74, 6) is -0.322. The van der Waals surface area contributed by atoms with Gasteiger partial charge in [0.15, 0.2) is 0 Å². The molecule has 0 aromatic heterocycles. The second-order valence-corrected chi connectivity index (χ2v) is 4.39. The van der Waals surface area contributed by atoms with Gasteiger partial charge in [0.1, 0.15) is 0 Å². The minimum Gasteiger partial charge on any atom is -0.466 e. The molecule has 1 aliphatic rings. The first-order chi connectivity index (χ1) is 8.63. The summed E-state index contributed by atoms with van der Waals surface area (Å²) in [6.07, 6.45) is 2.05. The third-order valence-corrected chi connectivity index (χ3v) is 3.08. The smallest absolute Gasteiger partial charge is 0.336 e. The number of carbonyl (C=O) groups is 1. The first-order valence-electron chi connectivity index (χ1n) is 5.93. The normalized spacial score (nSPS) is 19.1.